The van der Waals surface area contributed by atoms with E-state index in [2.05, 4.69) is 17.4 Å². The smallest absolute Gasteiger partial charge is 0.337 e. The van der Waals surface area contributed by atoms with Crippen LogP contribution in [-0.4, -0.2) is 33.7 Å². The highest BCUT2D eigenvalue weighted by Crippen LogP contribution is 2.33. The van der Waals surface area contributed by atoms with Crippen LogP contribution in [0.25, 0.3) is 10.9 Å². The average Bonchev–Trinajstić information content (AvgIpc) is 2.83. The molecule has 0 spiro atoms. The largest absolute Gasteiger partial charge is 0.478 e. The number of halogens is 2. The van der Waals surface area contributed by atoms with Crippen LogP contribution in [0.3, 0.4) is 0 Å². The van der Waals surface area contributed by atoms with Gasteiger partial charge in [-0.1, -0.05) is 23.7 Å². The van der Waals surface area contributed by atoms with E-state index in [-0.39, 0.29) is 27.4 Å². The van der Waals surface area contributed by atoms with Crippen LogP contribution in [0.4, 0.5) is 16.0 Å². The van der Waals surface area contributed by atoms with Crippen molar-refractivity contribution in [1.82, 2.24) is 9.55 Å². The summed E-state index contributed by atoms with van der Waals surface area (Å²) in [6.07, 6.45) is 0. The number of fused-ring (bicyclic) bond motifs is 1. The lowest BCUT2D eigenvalue weighted by molar-refractivity contribution is 0.0698. The Morgan fingerprint density at radius 2 is 2.03 bits per heavy atom. The third-order valence-electron chi connectivity index (χ3n) is 6.52. The predicted molar refractivity (Wildman–Crippen MR) is 136 cm³/mol. The molecular weight excluding hydrogens is 483 g/mol. The quantitative estimate of drug-likeness (QED) is 0.392. The van der Waals surface area contributed by atoms with Crippen molar-refractivity contribution in [3.63, 3.8) is 0 Å². The van der Waals surface area contributed by atoms with Gasteiger partial charge in [0.1, 0.15) is 5.82 Å². The SMILES string of the molecule is C[C@@H](Nc1ccc(Cl)cc1C(=O)O)c1cc(F)cc2c(=O)n(C)c(N3CC(c4cc#ccc4)C3)nc12. The maximum Gasteiger partial charge on any atom is 0.337 e. The minimum Gasteiger partial charge on any atom is -0.478 e. The van der Waals surface area contributed by atoms with Crippen LogP contribution in [0, 0.1) is 17.9 Å². The number of aromatic carboxylic acids is 1. The second-order valence-corrected chi connectivity index (χ2v) is 9.33. The van der Waals surface area contributed by atoms with E-state index in [0.29, 0.717) is 35.8 Å². The number of nitrogens with zero attached hydrogens (tertiary/aromatic N) is 3. The molecule has 182 valence electrons. The van der Waals surface area contributed by atoms with Crippen LogP contribution >= 0.6 is 11.6 Å². The number of carbonyl (C=O) groups is 1. The fraction of sp³-hybridized carbons (Fsp3) is 0.222. The van der Waals surface area contributed by atoms with Crippen LogP contribution < -0.4 is 15.8 Å². The van der Waals surface area contributed by atoms with E-state index in [1.165, 1.54) is 22.8 Å². The summed E-state index contributed by atoms with van der Waals surface area (Å²) in [4.78, 5) is 31.7. The maximum atomic E-state index is 14.6. The third kappa shape index (κ3) is 4.23. The Balaban J connectivity index is 1.52. The predicted octanol–water partition coefficient (Wildman–Crippen LogP) is 4.80. The highest BCUT2D eigenvalue weighted by molar-refractivity contribution is 6.31. The Labute approximate surface area is 211 Å². The molecule has 0 radical (unpaired) electrons. The Morgan fingerprint density at radius 3 is 2.72 bits per heavy atom. The second-order valence-electron chi connectivity index (χ2n) is 8.90. The zero-order valence-electron chi connectivity index (χ0n) is 19.5. The number of nitrogens with one attached hydrogen (secondary N) is 1. The van der Waals surface area contributed by atoms with Crippen molar-refractivity contribution >= 4 is 40.1 Å². The van der Waals surface area contributed by atoms with Crippen molar-refractivity contribution in [2.45, 2.75) is 18.9 Å². The highest BCUT2D eigenvalue weighted by atomic mass is 35.5. The van der Waals surface area contributed by atoms with Crippen molar-refractivity contribution in [2.24, 2.45) is 7.05 Å². The Hall–Kier alpha value is -4.09. The normalized spacial score (nSPS) is 14.3. The lowest BCUT2D eigenvalue weighted by Gasteiger charge is -2.40. The summed E-state index contributed by atoms with van der Waals surface area (Å²) in [6.45, 7) is 3.12. The molecule has 1 aromatic heterocycles. The van der Waals surface area contributed by atoms with E-state index >= 15 is 0 Å². The number of anilines is 2. The standard InChI is InChI=1S/C27H22ClFN4O3/c1-15(30-23-9-8-18(28)10-21(23)26(35)36)20-11-19(29)12-22-24(20)31-27(32(2)25(22)34)33-13-17(14-33)16-6-4-3-5-7-16/h4,6-12,15,17,30H,13-14H2,1-2H3,(H,35,36)/t15-/m1/s1. The third-order valence-corrected chi connectivity index (χ3v) is 6.75. The summed E-state index contributed by atoms with van der Waals surface area (Å²) in [5.74, 6) is -0.940. The van der Waals surface area contributed by atoms with Gasteiger partial charge in [0.05, 0.1) is 22.5 Å². The van der Waals surface area contributed by atoms with E-state index in [9.17, 15) is 19.1 Å². The first-order valence-electron chi connectivity index (χ1n) is 11.3. The first-order chi connectivity index (χ1) is 17.2. The molecule has 0 bridgehead atoms. The minimum absolute atomic E-state index is 0.0120. The van der Waals surface area contributed by atoms with Gasteiger partial charge in [-0.15, -0.1) is 0 Å². The number of aromatic nitrogens is 2. The molecule has 0 amide bonds. The van der Waals surface area contributed by atoms with Gasteiger partial charge in [-0.3, -0.25) is 9.36 Å². The Bertz CT molecular complexity index is 1530. The topological polar surface area (TPSA) is 87.5 Å². The van der Waals surface area contributed by atoms with Gasteiger partial charge >= 0.3 is 5.97 Å². The van der Waals surface area contributed by atoms with Crippen molar-refractivity contribution < 1.29 is 14.3 Å². The molecule has 1 saturated heterocycles. The fourth-order valence-corrected chi connectivity index (χ4v) is 4.74. The lowest BCUT2D eigenvalue weighted by atomic mass is 9.92. The molecule has 36 heavy (non-hydrogen) atoms. The van der Waals surface area contributed by atoms with Gasteiger partial charge in [0.15, 0.2) is 0 Å². The first-order valence-corrected chi connectivity index (χ1v) is 11.7. The molecule has 2 N–H and O–H groups in total. The summed E-state index contributed by atoms with van der Waals surface area (Å²) in [5, 5.41) is 13.1. The van der Waals surface area contributed by atoms with Crippen LogP contribution in [0.1, 0.15) is 40.4 Å². The summed E-state index contributed by atoms with van der Waals surface area (Å²) in [6, 6.07) is 18.0. The molecule has 0 aliphatic carbocycles. The number of rotatable bonds is 6. The molecule has 1 atom stereocenters. The molecule has 1 aliphatic rings. The summed E-state index contributed by atoms with van der Waals surface area (Å²) >= 11 is 5.97. The Kier molecular flexibility index (Phi) is 6.02. The highest BCUT2D eigenvalue weighted by Gasteiger charge is 2.31. The number of hydrogen-bond donors (Lipinski definition) is 2. The number of benzene rings is 2. The molecule has 3 aromatic carbocycles. The van der Waals surface area contributed by atoms with Gasteiger partial charge in [-0.05, 0) is 61.0 Å². The van der Waals surface area contributed by atoms with E-state index in [0.717, 1.165) is 5.56 Å². The van der Waals surface area contributed by atoms with Crippen molar-refractivity contribution in [3.05, 3.63) is 98.5 Å². The van der Waals surface area contributed by atoms with Crippen molar-refractivity contribution in [3.8, 4) is 0 Å². The van der Waals surface area contributed by atoms with E-state index in [1.54, 1.807) is 26.1 Å². The van der Waals surface area contributed by atoms with Gasteiger partial charge < -0.3 is 15.3 Å². The molecule has 1 aliphatic heterocycles. The zero-order chi connectivity index (χ0) is 25.6. The van der Waals surface area contributed by atoms with E-state index < -0.39 is 17.8 Å². The first kappa shape index (κ1) is 23.6. The fourth-order valence-electron chi connectivity index (χ4n) is 4.56. The maximum absolute atomic E-state index is 14.6. The molecule has 1 fully saturated rings. The Morgan fingerprint density at radius 1 is 1.25 bits per heavy atom. The molecule has 7 nitrogen and oxygen atoms in total. The average molecular weight is 505 g/mol. The van der Waals surface area contributed by atoms with Crippen molar-refractivity contribution in [1.29, 1.82) is 0 Å². The molecule has 5 rings (SSSR count). The molecule has 0 saturated carbocycles. The molecule has 9 heteroatoms. The minimum atomic E-state index is -1.15. The van der Waals surface area contributed by atoms with Gasteiger partial charge in [0.25, 0.3) is 5.56 Å². The van der Waals surface area contributed by atoms with Gasteiger partial charge in [0, 0.05) is 42.3 Å². The number of hydrogen-bond acceptors (Lipinski definition) is 5. The van der Waals surface area contributed by atoms with Crippen LogP contribution in [-0.2, 0) is 7.05 Å². The van der Waals surface area contributed by atoms with E-state index in [4.69, 9.17) is 16.6 Å². The lowest BCUT2D eigenvalue weighted by Crippen LogP contribution is -2.47. The van der Waals surface area contributed by atoms with Crippen LogP contribution in [0.2, 0.25) is 5.02 Å². The van der Waals surface area contributed by atoms with Crippen LogP contribution in [0.5, 0.6) is 0 Å². The molecule has 0 unspecified atom stereocenters. The van der Waals surface area contributed by atoms with Gasteiger partial charge in [0.2, 0.25) is 5.95 Å². The van der Waals surface area contributed by atoms with Crippen LogP contribution in [0.15, 0.2) is 53.3 Å². The second kappa shape index (κ2) is 9.17. The zero-order valence-corrected chi connectivity index (χ0v) is 20.3. The monoisotopic (exact) mass is 504 g/mol. The van der Waals surface area contributed by atoms with E-state index in [1.807, 2.05) is 23.1 Å². The summed E-state index contributed by atoms with van der Waals surface area (Å²) in [5.41, 5.74) is 1.91. The molecule has 4 aromatic rings. The summed E-state index contributed by atoms with van der Waals surface area (Å²) < 4.78 is 16.0. The molecular formula is C27H22ClFN4O3. The van der Waals surface area contributed by atoms with Gasteiger partial charge in [-0.2, -0.15) is 0 Å². The van der Waals surface area contributed by atoms with Crippen molar-refractivity contribution in [2.75, 3.05) is 23.3 Å². The summed E-state index contributed by atoms with van der Waals surface area (Å²) in [7, 11) is 1.63. The molecule has 2 heterocycles. The van der Waals surface area contributed by atoms with Gasteiger partial charge in [-0.25, -0.2) is 14.2 Å². The number of carboxylic acids is 1. The number of carboxylic acid groups (broad SMARTS) is 1.